The summed E-state index contributed by atoms with van der Waals surface area (Å²) in [6.45, 7) is 0.943. The van der Waals surface area contributed by atoms with E-state index in [4.69, 9.17) is 0 Å². The maximum atomic E-state index is 12.5. The van der Waals surface area contributed by atoms with E-state index >= 15 is 0 Å². The Kier molecular flexibility index (Phi) is 4.57. The summed E-state index contributed by atoms with van der Waals surface area (Å²) < 4.78 is 0. The first kappa shape index (κ1) is 15.5. The van der Waals surface area contributed by atoms with Crippen molar-refractivity contribution in [1.82, 2.24) is 9.88 Å². The van der Waals surface area contributed by atoms with Gasteiger partial charge in [-0.15, -0.1) is 11.3 Å². The van der Waals surface area contributed by atoms with Crippen LogP contribution in [0.1, 0.15) is 23.2 Å². The number of aromatic hydroxyl groups is 1. The minimum absolute atomic E-state index is 0.0353. The maximum Gasteiger partial charge on any atom is 0.257 e. The van der Waals surface area contributed by atoms with E-state index in [1.807, 2.05) is 0 Å². The van der Waals surface area contributed by atoms with Crippen LogP contribution in [0.25, 0.3) is 0 Å². The van der Waals surface area contributed by atoms with Crippen LogP contribution in [0.4, 0.5) is 5.13 Å². The third-order valence-corrected chi connectivity index (χ3v) is 4.56. The summed E-state index contributed by atoms with van der Waals surface area (Å²) in [4.78, 5) is 30.5. The first-order valence-electron chi connectivity index (χ1n) is 7.43. The molecule has 0 spiro atoms. The number of thiazole rings is 1. The smallest absolute Gasteiger partial charge is 0.257 e. The van der Waals surface area contributed by atoms with Crippen LogP contribution in [0.3, 0.4) is 0 Å². The summed E-state index contributed by atoms with van der Waals surface area (Å²) in [6.07, 6.45) is 3.13. The molecule has 1 aromatic carbocycles. The number of aromatic nitrogens is 1. The van der Waals surface area contributed by atoms with E-state index in [-0.39, 0.29) is 29.0 Å². The lowest BCUT2D eigenvalue weighted by Crippen LogP contribution is -2.43. The van der Waals surface area contributed by atoms with Crippen molar-refractivity contribution in [3.05, 3.63) is 41.4 Å². The van der Waals surface area contributed by atoms with Gasteiger partial charge in [0.15, 0.2) is 5.13 Å². The lowest BCUT2D eigenvalue weighted by atomic mass is 9.96. The van der Waals surface area contributed by atoms with Crippen molar-refractivity contribution in [3.63, 3.8) is 0 Å². The molecule has 1 atom stereocenters. The lowest BCUT2D eigenvalue weighted by molar-refractivity contribution is -0.121. The minimum atomic E-state index is -0.262. The van der Waals surface area contributed by atoms with Gasteiger partial charge in [-0.1, -0.05) is 12.1 Å². The largest absolute Gasteiger partial charge is 0.507 e. The predicted octanol–water partition coefficient (Wildman–Crippen LogP) is 2.34. The van der Waals surface area contributed by atoms with Gasteiger partial charge in [-0.3, -0.25) is 9.59 Å². The third-order valence-electron chi connectivity index (χ3n) is 3.88. The van der Waals surface area contributed by atoms with Crippen molar-refractivity contribution in [2.24, 2.45) is 5.92 Å². The van der Waals surface area contributed by atoms with Gasteiger partial charge in [-0.05, 0) is 25.0 Å². The second kappa shape index (κ2) is 6.78. The Morgan fingerprint density at radius 1 is 1.35 bits per heavy atom. The average Bonchev–Trinajstić information content (AvgIpc) is 3.08. The first-order valence-corrected chi connectivity index (χ1v) is 8.31. The summed E-state index contributed by atoms with van der Waals surface area (Å²) in [5.74, 6) is -0.654. The number of likely N-dealkylation sites (tertiary alicyclic amines) is 1. The highest BCUT2D eigenvalue weighted by Crippen LogP contribution is 2.24. The molecule has 0 aliphatic carbocycles. The zero-order valence-corrected chi connectivity index (χ0v) is 13.3. The second-order valence-corrected chi connectivity index (χ2v) is 6.33. The molecule has 120 valence electrons. The van der Waals surface area contributed by atoms with Gasteiger partial charge in [-0.25, -0.2) is 4.98 Å². The van der Waals surface area contributed by atoms with Crippen LogP contribution in [0.15, 0.2) is 35.8 Å². The third kappa shape index (κ3) is 3.50. The van der Waals surface area contributed by atoms with Crippen molar-refractivity contribution in [3.8, 4) is 5.75 Å². The number of benzene rings is 1. The number of nitrogens with zero attached hydrogens (tertiary/aromatic N) is 2. The molecule has 2 N–H and O–H groups in total. The predicted molar refractivity (Wildman–Crippen MR) is 87.5 cm³/mol. The summed E-state index contributed by atoms with van der Waals surface area (Å²) in [6, 6.07) is 6.47. The Labute approximate surface area is 137 Å². The van der Waals surface area contributed by atoms with Gasteiger partial charge in [0, 0.05) is 24.7 Å². The molecule has 0 saturated carbocycles. The van der Waals surface area contributed by atoms with E-state index in [1.54, 1.807) is 34.7 Å². The molecule has 2 amide bonds. The number of hydrogen-bond donors (Lipinski definition) is 2. The van der Waals surface area contributed by atoms with Crippen molar-refractivity contribution >= 4 is 28.3 Å². The molecule has 3 rings (SSSR count). The zero-order valence-electron chi connectivity index (χ0n) is 12.4. The summed E-state index contributed by atoms with van der Waals surface area (Å²) in [5, 5.41) is 15.0. The highest BCUT2D eigenvalue weighted by molar-refractivity contribution is 7.13. The normalized spacial score (nSPS) is 17.7. The minimum Gasteiger partial charge on any atom is -0.507 e. The molecule has 7 heteroatoms. The number of carbonyl (C=O) groups is 2. The zero-order chi connectivity index (χ0) is 16.2. The average molecular weight is 331 g/mol. The Morgan fingerprint density at radius 3 is 2.91 bits per heavy atom. The Bertz CT molecular complexity index is 702. The highest BCUT2D eigenvalue weighted by atomic mass is 32.1. The number of anilines is 1. The van der Waals surface area contributed by atoms with Crippen LogP contribution in [0.2, 0.25) is 0 Å². The van der Waals surface area contributed by atoms with Crippen molar-refractivity contribution in [2.45, 2.75) is 12.8 Å². The van der Waals surface area contributed by atoms with Gasteiger partial charge < -0.3 is 15.3 Å². The molecule has 1 aliphatic rings. The van der Waals surface area contributed by atoms with Crippen molar-refractivity contribution in [1.29, 1.82) is 0 Å². The summed E-state index contributed by atoms with van der Waals surface area (Å²) >= 11 is 1.36. The van der Waals surface area contributed by atoms with Crippen molar-refractivity contribution < 1.29 is 14.7 Å². The van der Waals surface area contributed by atoms with E-state index in [1.165, 1.54) is 17.4 Å². The first-order chi connectivity index (χ1) is 11.1. The van der Waals surface area contributed by atoms with E-state index in [2.05, 4.69) is 10.3 Å². The number of amides is 2. The molecule has 1 fully saturated rings. The van der Waals surface area contributed by atoms with Crippen LogP contribution >= 0.6 is 11.3 Å². The number of carbonyl (C=O) groups excluding carboxylic acids is 2. The molecular formula is C16H17N3O3S. The van der Waals surface area contributed by atoms with Gasteiger partial charge in [0.2, 0.25) is 5.91 Å². The van der Waals surface area contributed by atoms with E-state index < -0.39 is 0 Å². The van der Waals surface area contributed by atoms with Gasteiger partial charge in [0.05, 0.1) is 11.5 Å². The quantitative estimate of drug-likeness (QED) is 0.904. The Hall–Kier alpha value is -2.41. The van der Waals surface area contributed by atoms with Crippen LogP contribution in [-0.4, -0.2) is 39.9 Å². The van der Waals surface area contributed by atoms with Crippen LogP contribution < -0.4 is 5.32 Å². The molecular weight excluding hydrogens is 314 g/mol. The Balaban J connectivity index is 1.67. The highest BCUT2D eigenvalue weighted by Gasteiger charge is 2.30. The van der Waals surface area contributed by atoms with E-state index in [9.17, 15) is 14.7 Å². The van der Waals surface area contributed by atoms with Crippen LogP contribution in [0.5, 0.6) is 5.75 Å². The molecule has 23 heavy (non-hydrogen) atoms. The van der Waals surface area contributed by atoms with Gasteiger partial charge in [-0.2, -0.15) is 0 Å². The molecule has 2 heterocycles. The lowest BCUT2D eigenvalue weighted by Gasteiger charge is -2.32. The molecule has 1 saturated heterocycles. The molecule has 0 bridgehead atoms. The number of rotatable bonds is 3. The molecule has 6 nitrogen and oxygen atoms in total. The summed E-state index contributed by atoms with van der Waals surface area (Å²) in [7, 11) is 0. The van der Waals surface area contributed by atoms with Crippen LogP contribution in [0, 0.1) is 5.92 Å². The number of para-hydroxylation sites is 1. The molecule has 1 aliphatic heterocycles. The molecule has 1 aromatic heterocycles. The Morgan fingerprint density at radius 2 is 2.17 bits per heavy atom. The number of hydrogen-bond acceptors (Lipinski definition) is 5. The number of phenolic OH excluding ortho intramolecular Hbond substituents is 1. The summed E-state index contributed by atoms with van der Waals surface area (Å²) in [5.41, 5.74) is 0.272. The van der Waals surface area contributed by atoms with E-state index in [0.717, 1.165) is 12.8 Å². The van der Waals surface area contributed by atoms with E-state index in [0.29, 0.717) is 18.2 Å². The fourth-order valence-electron chi connectivity index (χ4n) is 2.69. The van der Waals surface area contributed by atoms with Gasteiger partial charge in [0.25, 0.3) is 5.91 Å². The number of phenols is 1. The number of piperidine rings is 1. The maximum absolute atomic E-state index is 12.5. The molecule has 2 aromatic rings. The SMILES string of the molecule is O=C(Nc1nccs1)C1CCCN(C(=O)c2ccccc2O)C1. The fourth-order valence-corrected chi connectivity index (χ4v) is 3.22. The second-order valence-electron chi connectivity index (χ2n) is 5.43. The standard InChI is InChI=1S/C16H17N3O3S/c20-13-6-2-1-5-12(13)15(22)19-8-3-4-11(10-19)14(21)18-16-17-7-9-23-16/h1-2,5-7,9,11,20H,3-4,8,10H2,(H,17,18,21). The topological polar surface area (TPSA) is 82.5 Å². The molecule has 0 radical (unpaired) electrons. The van der Waals surface area contributed by atoms with Gasteiger partial charge in [0.1, 0.15) is 5.75 Å². The van der Waals surface area contributed by atoms with Crippen molar-refractivity contribution in [2.75, 3.05) is 18.4 Å². The molecule has 1 unspecified atom stereocenters. The fraction of sp³-hybridized carbons (Fsp3) is 0.312. The monoisotopic (exact) mass is 331 g/mol. The van der Waals surface area contributed by atoms with Crippen LogP contribution in [-0.2, 0) is 4.79 Å². The van der Waals surface area contributed by atoms with Gasteiger partial charge >= 0.3 is 0 Å². The number of nitrogens with one attached hydrogen (secondary N) is 1.